The molecular weight excluding hydrogens is 364 g/mol. The molecule has 0 aliphatic carbocycles. The van der Waals surface area contributed by atoms with Gasteiger partial charge in [0.2, 0.25) is 10.0 Å². The second kappa shape index (κ2) is 9.21. The second-order valence-corrected chi connectivity index (χ2v) is 7.65. The molecule has 6 nitrogen and oxygen atoms in total. The van der Waals surface area contributed by atoms with E-state index in [1.807, 2.05) is 32.0 Å². The summed E-state index contributed by atoms with van der Waals surface area (Å²) in [6.07, 6.45) is 5.07. The fourth-order valence-electron chi connectivity index (χ4n) is 2.47. The highest BCUT2D eigenvalue weighted by Gasteiger charge is 2.15. The molecule has 0 bridgehead atoms. The summed E-state index contributed by atoms with van der Waals surface area (Å²) in [4.78, 5) is 12.3. The zero-order valence-electron chi connectivity index (χ0n) is 15.3. The lowest BCUT2D eigenvalue weighted by molar-refractivity contribution is 0.0946. The van der Waals surface area contributed by atoms with Crippen molar-refractivity contribution in [2.24, 2.45) is 0 Å². The van der Waals surface area contributed by atoms with Crippen molar-refractivity contribution in [2.75, 3.05) is 19.7 Å². The molecule has 2 aromatic carbocycles. The minimum Gasteiger partial charge on any atom is -0.491 e. The van der Waals surface area contributed by atoms with Crippen molar-refractivity contribution in [2.45, 2.75) is 18.7 Å². The number of carbonyl (C=O) groups excluding carboxylic acids is 1. The topological polar surface area (TPSA) is 84.5 Å². The molecule has 0 aromatic heterocycles. The molecular formula is C20H22N2O4S. The van der Waals surface area contributed by atoms with Crippen molar-refractivity contribution in [1.82, 2.24) is 10.0 Å². The molecule has 0 atom stereocenters. The van der Waals surface area contributed by atoms with Gasteiger partial charge in [-0.25, -0.2) is 8.42 Å². The molecule has 27 heavy (non-hydrogen) atoms. The van der Waals surface area contributed by atoms with Crippen LogP contribution in [-0.4, -0.2) is 34.0 Å². The number of hydrogen-bond acceptors (Lipinski definition) is 4. The summed E-state index contributed by atoms with van der Waals surface area (Å²) >= 11 is 0. The maximum absolute atomic E-state index is 12.3. The van der Waals surface area contributed by atoms with E-state index in [1.54, 1.807) is 6.07 Å². The smallest absolute Gasteiger partial charge is 0.251 e. The number of hydrogen-bond donors (Lipinski definition) is 2. The van der Waals surface area contributed by atoms with E-state index in [4.69, 9.17) is 11.2 Å². The SMILES string of the molecule is C#CCNS(=O)(=O)c1cccc(C(=O)NCCOc2c(C)cccc2C)c1. The number of para-hydroxylation sites is 1. The van der Waals surface area contributed by atoms with Gasteiger partial charge in [-0.3, -0.25) is 4.79 Å². The van der Waals surface area contributed by atoms with Gasteiger partial charge < -0.3 is 10.1 Å². The van der Waals surface area contributed by atoms with Gasteiger partial charge in [-0.15, -0.1) is 6.42 Å². The number of terminal acetylenes is 1. The lowest BCUT2D eigenvalue weighted by atomic mass is 10.1. The Morgan fingerprint density at radius 1 is 1.15 bits per heavy atom. The van der Waals surface area contributed by atoms with Crippen LogP contribution in [0.3, 0.4) is 0 Å². The summed E-state index contributed by atoms with van der Waals surface area (Å²) in [5.41, 5.74) is 2.29. The molecule has 2 rings (SSSR count). The van der Waals surface area contributed by atoms with Crippen LogP contribution in [0.4, 0.5) is 0 Å². The fraction of sp³-hybridized carbons (Fsp3) is 0.250. The Morgan fingerprint density at radius 3 is 2.48 bits per heavy atom. The zero-order valence-corrected chi connectivity index (χ0v) is 16.1. The van der Waals surface area contributed by atoms with Crippen LogP contribution in [0.2, 0.25) is 0 Å². The second-order valence-electron chi connectivity index (χ2n) is 5.88. The number of rotatable bonds is 8. The highest BCUT2D eigenvalue weighted by Crippen LogP contribution is 2.21. The molecule has 0 radical (unpaired) electrons. The predicted molar refractivity (Wildman–Crippen MR) is 104 cm³/mol. The van der Waals surface area contributed by atoms with Gasteiger partial charge in [0, 0.05) is 5.56 Å². The maximum Gasteiger partial charge on any atom is 0.251 e. The van der Waals surface area contributed by atoms with E-state index in [-0.39, 0.29) is 22.9 Å². The van der Waals surface area contributed by atoms with E-state index in [0.29, 0.717) is 13.2 Å². The number of benzene rings is 2. The molecule has 2 aromatic rings. The van der Waals surface area contributed by atoms with E-state index in [1.165, 1.54) is 18.2 Å². The van der Waals surface area contributed by atoms with E-state index >= 15 is 0 Å². The Kier molecular flexibility index (Phi) is 6.99. The molecule has 0 aliphatic rings. The first-order chi connectivity index (χ1) is 12.8. The van der Waals surface area contributed by atoms with Crippen LogP contribution in [0.15, 0.2) is 47.4 Å². The van der Waals surface area contributed by atoms with Gasteiger partial charge in [-0.1, -0.05) is 30.2 Å². The number of carbonyl (C=O) groups is 1. The van der Waals surface area contributed by atoms with Crippen LogP contribution in [0.25, 0.3) is 0 Å². The molecule has 7 heteroatoms. The molecule has 0 unspecified atom stereocenters. The molecule has 0 heterocycles. The Hall–Kier alpha value is -2.82. The van der Waals surface area contributed by atoms with Gasteiger partial charge in [0.1, 0.15) is 12.4 Å². The fourth-order valence-corrected chi connectivity index (χ4v) is 3.45. The third kappa shape index (κ3) is 5.58. The normalized spacial score (nSPS) is 10.9. The van der Waals surface area contributed by atoms with E-state index in [0.717, 1.165) is 16.9 Å². The average Bonchev–Trinajstić information content (AvgIpc) is 2.65. The third-order valence-corrected chi connectivity index (χ3v) is 5.21. The van der Waals surface area contributed by atoms with Gasteiger partial charge in [0.15, 0.2) is 0 Å². The lowest BCUT2D eigenvalue weighted by Crippen LogP contribution is -2.29. The number of ether oxygens (including phenoxy) is 1. The standard InChI is InChI=1S/C20H22N2O4S/c1-4-11-22-27(24,25)18-10-6-9-17(14-18)20(23)21-12-13-26-19-15(2)7-5-8-16(19)3/h1,5-10,14,22H,11-13H2,2-3H3,(H,21,23). The predicted octanol–water partition coefficient (Wildman–Crippen LogP) is 2.02. The van der Waals surface area contributed by atoms with Gasteiger partial charge >= 0.3 is 0 Å². The van der Waals surface area contributed by atoms with Crippen LogP contribution < -0.4 is 14.8 Å². The summed E-state index contributed by atoms with van der Waals surface area (Å²) in [6, 6.07) is 11.6. The summed E-state index contributed by atoms with van der Waals surface area (Å²) in [5.74, 6) is 2.63. The zero-order chi connectivity index (χ0) is 19.9. The third-order valence-electron chi connectivity index (χ3n) is 3.81. The molecule has 0 spiro atoms. The van der Waals surface area contributed by atoms with Crippen molar-refractivity contribution in [3.8, 4) is 18.1 Å². The molecule has 1 amide bonds. The highest BCUT2D eigenvalue weighted by atomic mass is 32.2. The molecule has 0 aliphatic heterocycles. The van der Waals surface area contributed by atoms with E-state index in [2.05, 4.69) is 16.0 Å². The molecule has 0 fully saturated rings. The summed E-state index contributed by atoms with van der Waals surface area (Å²) in [5, 5.41) is 2.72. The highest BCUT2D eigenvalue weighted by molar-refractivity contribution is 7.89. The first-order valence-corrected chi connectivity index (χ1v) is 9.84. The minimum absolute atomic E-state index is 0.0165. The van der Waals surface area contributed by atoms with Crippen molar-refractivity contribution in [3.63, 3.8) is 0 Å². The summed E-state index contributed by atoms with van der Waals surface area (Å²) < 4.78 is 32.2. The quantitative estimate of drug-likeness (QED) is 0.537. The number of nitrogens with one attached hydrogen (secondary N) is 2. The maximum atomic E-state index is 12.3. The van der Waals surface area contributed by atoms with Crippen LogP contribution in [0.5, 0.6) is 5.75 Å². The van der Waals surface area contributed by atoms with Crippen molar-refractivity contribution in [3.05, 3.63) is 59.2 Å². The lowest BCUT2D eigenvalue weighted by Gasteiger charge is -2.12. The van der Waals surface area contributed by atoms with Gasteiger partial charge in [0.25, 0.3) is 5.91 Å². The summed E-state index contributed by atoms with van der Waals surface area (Å²) in [7, 11) is -3.75. The monoisotopic (exact) mass is 386 g/mol. The van der Waals surface area contributed by atoms with Gasteiger partial charge in [-0.05, 0) is 43.2 Å². The average molecular weight is 386 g/mol. The number of amides is 1. The Bertz CT molecular complexity index is 942. The number of aryl methyl sites for hydroxylation is 2. The van der Waals surface area contributed by atoms with Crippen molar-refractivity contribution >= 4 is 15.9 Å². The van der Waals surface area contributed by atoms with Crippen molar-refractivity contribution < 1.29 is 17.9 Å². The van der Waals surface area contributed by atoms with E-state index in [9.17, 15) is 13.2 Å². The number of sulfonamides is 1. The van der Waals surface area contributed by atoms with Gasteiger partial charge in [0.05, 0.1) is 18.0 Å². The molecule has 2 N–H and O–H groups in total. The van der Waals surface area contributed by atoms with Crippen LogP contribution in [-0.2, 0) is 10.0 Å². The Labute approximate surface area is 160 Å². The molecule has 142 valence electrons. The summed E-state index contributed by atoms with van der Waals surface area (Å²) in [6.45, 7) is 4.40. The first-order valence-electron chi connectivity index (χ1n) is 8.35. The van der Waals surface area contributed by atoms with Crippen LogP contribution in [0.1, 0.15) is 21.5 Å². The van der Waals surface area contributed by atoms with Gasteiger partial charge in [-0.2, -0.15) is 4.72 Å². The largest absolute Gasteiger partial charge is 0.491 e. The first kappa shape index (κ1) is 20.5. The molecule has 0 saturated heterocycles. The molecule has 0 saturated carbocycles. The van der Waals surface area contributed by atoms with Crippen LogP contribution >= 0.6 is 0 Å². The Balaban J connectivity index is 1.95. The van der Waals surface area contributed by atoms with Crippen molar-refractivity contribution in [1.29, 1.82) is 0 Å². The van der Waals surface area contributed by atoms with E-state index < -0.39 is 10.0 Å². The Morgan fingerprint density at radius 2 is 1.81 bits per heavy atom. The minimum atomic E-state index is -3.75. The van der Waals surface area contributed by atoms with Crippen LogP contribution in [0, 0.1) is 26.2 Å².